The van der Waals surface area contributed by atoms with Crippen molar-refractivity contribution in [1.29, 1.82) is 0 Å². The molecular formula is C17H22N2O3S. The molecule has 0 N–H and O–H groups in total. The number of aromatic nitrogens is 1. The second-order valence-corrected chi connectivity index (χ2v) is 7.87. The van der Waals surface area contributed by atoms with E-state index in [1.54, 1.807) is 35.5 Å². The molecule has 0 aliphatic carbocycles. The summed E-state index contributed by atoms with van der Waals surface area (Å²) in [5.41, 5.74) is 1.63. The van der Waals surface area contributed by atoms with Crippen molar-refractivity contribution in [3.8, 4) is 11.3 Å². The van der Waals surface area contributed by atoms with Crippen LogP contribution in [0.2, 0.25) is 0 Å². The number of hydrogen-bond donors (Lipinski definition) is 0. The fraction of sp³-hybridized carbons (Fsp3) is 0.471. The van der Waals surface area contributed by atoms with Gasteiger partial charge in [0.15, 0.2) is 5.89 Å². The molecule has 1 unspecified atom stereocenters. The van der Waals surface area contributed by atoms with Crippen LogP contribution in [-0.2, 0) is 10.0 Å². The molecule has 23 heavy (non-hydrogen) atoms. The van der Waals surface area contributed by atoms with Crippen LogP contribution in [0.4, 0.5) is 0 Å². The normalized spacial score (nSPS) is 19.3. The zero-order valence-corrected chi connectivity index (χ0v) is 14.6. The maximum Gasteiger partial charge on any atom is 0.243 e. The number of benzene rings is 1. The minimum Gasteiger partial charge on any atom is -0.446 e. The minimum atomic E-state index is -3.41. The lowest BCUT2D eigenvalue weighted by atomic mass is 10.1. The molecule has 1 atom stereocenters. The highest BCUT2D eigenvalue weighted by Crippen LogP contribution is 2.29. The minimum absolute atomic E-state index is 0.125. The van der Waals surface area contributed by atoms with E-state index in [0.29, 0.717) is 17.3 Å². The average molecular weight is 334 g/mol. The summed E-state index contributed by atoms with van der Waals surface area (Å²) in [6.45, 7) is 6.31. The number of rotatable bonds is 4. The van der Waals surface area contributed by atoms with E-state index < -0.39 is 10.0 Å². The summed E-state index contributed by atoms with van der Waals surface area (Å²) in [5, 5.41) is 0. The van der Waals surface area contributed by atoms with E-state index in [2.05, 4.69) is 4.98 Å². The Balaban J connectivity index is 1.91. The molecule has 1 aromatic heterocycles. The van der Waals surface area contributed by atoms with E-state index in [4.69, 9.17) is 4.42 Å². The van der Waals surface area contributed by atoms with Gasteiger partial charge in [0, 0.05) is 25.1 Å². The number of oxazole rings is 1. The van der Waals surface area contributed by atoms with Gasteiger partial charge in [-0.05, 0) is 38.3 Å². The lowest BCUT2D eigenvalue weighted by molar-refractivity contribution is 0.379. The third-order valence-electron chi connectivity index (χ3n) is 4.43. The fourth-order valence-electron chi connectivity index (χ4n) is 3.25. The molecule has 2 heterocycles. The van der Waals surface area contributed by atoms with Crippen molar-refractivity contribution in [3.05, 3.63) is 35.9 Å². The molecule has 0 bridgehead atoms. The molecule has 0 radical (unpaired) electrons. The van der Waals surface area contributed by atoms with Crippen molar-refractivity contribution in [3.63, 3.8) is 0 Å². The van der Waals surface area contributed by atoms with Gasteiger partial charge in [0.2, 0.25) is 10.0 Å². The van der Waals surface area contributed by atoms with E-state index >= 15 is 0 Å². The number of nitrogens with zero attached hydrogens (tertiary/aromatic N) is 2. The first kappa shape index (κ1) is 16.2. The molecule has 6 heteroatoms. The van der Waals surface area contributed by atoms with Gasteiger partial charge in [-0.1, -0.05) is 19.1 Å². The van der Waals surface area contributed by atoms with Gasteiger partial charge in [-0.2, -0.15) is 4.31 Å². The van der Waals surface area contributed by atoms with E-state index in [1.165, 1.54) is 0 Å². The first-order chi connectivity index (χ1) is 10.9. The standard InChI is InChI=1S/C17H22N2O3S/c1-4-15-6-5-11-19(15)23(20,21)16-9-7-14(8-10-16)17-12(2)22-13(3)18-17/h7-10,15H,4-6,11H2,1-3H3. The van der Waals surface area contributed by atoms with Gasteiger partial charge >= 0.3 is 0 Å². The van der Waals surface area contributed by atoms with Crippen LogP contribution < -0.4 is 0 Å². The molecule has 1 fully saturated rings. The maximum absolute atomic E-state index is 12.8. The highest BCUT2D eigenvalue weighted by Gasteiger charge is 2.34. The smallest absolute Gasteiger partial charge is 0.243 e. The molecule has 2 aromatic rings. The van der Waals surface area contributed by atoms with Gasteiger partial charge in [0.25, 0.3) is 0 Å². The Kier molecular flexibility index (Phi) is 4.29. The zero-order valence-electron chi connectivity index (χ0n) is 13.7. The van der Waals surface area contributed by atoms with Crippen molar-refractivity contribution < 1.29 is 12.8 Å². The second-order valence-electron chi connectivity index (χ2n) is 5.98. The van der Waals surface area contributed by atoms with Gasteiger partial charge in [-0.3, -0.25) is 0 Å². The molecule has 124 valence electrons. The summed E-state index contributed by atoms with van der Waals surface area (Å²) in [5.74, 6) is 1.35. The van der Waals surface area contributed by atoms with Gasteiger partial charge in [0.1, 0.15) is 11.5 Å². The molecule has 0 amide bonds. The molecule has 1 aliphatic heterocycles. The van der Waals surface area contributed by atoms with Crippen LogP contribution in [-0.4, -0.2) is 30.3 Å². The Labute approximate surface area is 137 Å². The Bertz CT molecular complexity index is 794. The summed E-state index contributed by atoms with van der Waals surface area (Å²) in [7, 11) is -3.41. The molecule has 1 saturated heterocycles. The van der Waals surface area contributed by atoms with Crippen molar-refractivity contribution >= 4 is 10.0 Å². The lowest BCUT2D eigenvalue weighted by Crippen LogP contribution is -2.35. The van der Waals surface area contributed by atoms with Crippen molar-refractivity contribution in [2.45, 2.75) is 51.0 Å². The van der Waals surface area contributed by atoms with Gasteiger partial charge in [-0.25, -0.2) is 13.4 Å². The SMILES string of the molecule is CCC1CCCN1S(=O)(=O)c1ccc(-c2nc(C)oc2C)cc1. The average Bonchev–Trinajstić information content (AvgIpc) is 3.13. The molecule has 5 nitrogen and oxygen atoms in total. The topological polar surface area (TPSA) is 63.4 Å². The summed E-state index contributed by atoms with van der Waals surface area (Å²) >= 11 is 0. The Morgan fingerprint density at radius 2 is 1.96 bits per heavy atom. The summed E-state index contributed by atoms with van der Waals surface area (Å²) in [6.07, 6.45) is 2.74. The fourth-order valence-corrected chi connectivity index (χ4v) is 5.02. The number of hydrogen-bond acceptors (Lipinski definition) is 4. The van der Waals surface area contributed by atoms with E-state index in [0.717, 1.165) is 36.3 Å². The third kappa shape index (κ3) is 2.93. The van der Waals surface area contributed by atoms with Crippen molar-refractivity contribution in [2.24, 2.45) is 0 Å². The Morgan fingerprint density at radius 1 is 1.26 bits per heavy atom. The predicted octanol–water partition coefficient (Wildman–Crippen LogP) is 3.52. The van der Waals surface area contributed by atoms with Crippen molar-refractivity contribution in [1.82, 2.24) is 9.29 Å². The molecule has 1 aromatic carbocycles. The van der Waals surface area contributed by atoms with Gasteiger partial charge < -0.3 is 4.42 Å². The van der Waals surface area contributed by atoms with Crippen LogP contribution in [0.1, 0.15) is 37.8 Å². The monoisotopic (exact) mass is 334 g/mol. The van der Waals surface area contributed by atoms with E-state index in [-0.39, 0.29) is 6.04 Å². The van der Waals surface area contributed by atoms with Crippen LogP contribution in [0, 0.1) is 13.8 Å². The van der Waals surface area contributed by atoms with Crippen molar-refractivity contribution in [2.75, 3.05) is 6.54 Å². The lowest BCUT2D eigenvalue weighted by Gasteiger charge is -2.23. The van der Waals surface area contributed by atoms with Gasteiger partial charge in [-0.15, -0.1) is 0 Å². The highest BCUT2D eigenvalue weighted by atomic mass is 32.2. The van der Waals surface area contributed by atoms with E-state index in [9.17, 15) is 8.42 Å². The summed E-state index contributed by atoms with van der Waals surface area (Å²) < 4.78 is 32.7. The van der Waals surface area contributed by atoms with Crippen LogP contribution in [0.15, 0.2) is 33.6 Å². The first-order valence-electron chi connectivity index (χ1n) is 7.99. The molecule has 0 saturated carbocycles. The molecule has 0 spiro atoms. The Morgan fingerprint density at radius 3 is 2.52 bits per heavy atom. The van der Waals surface area contributed by atoms with Gasteiger partial charge in [0.05, 0.1) is 4.90 Å². The summed E-state index contributed by atoms with van der Waals surface area (Å²) in [4.78, 5) is 4.70. The largest absolute Gasteiger partial charge is 0.446 e. The quantitative estimate of drug-likeness (QED) is 0.858. The molecule has 1 aliphatic rings. The maximum atomic E-state index is 12.8. The molecule has 3 rings (SSSR count). The first-order valence-corrected chi connectivity index (χ1v) is 9.43. The number of sulfonamides is 1. The summed E-state index contributed by atoms with van der Waals surface area (Å²) in [6, 6.07) is 7.06. The highest BCUT2D eigenvalue weighted by molar-refractivity contribution is 7.89. The predicted molar refractivity (Wildman–Crippen MR) is 88.6 cm³/mol. The van der Waals surface area contributed by atoms with Crippen LogP contribution >= 0.6 is 0 Å². The van der Waals surface area contributed by atoms with Crippen LogP contribution in [0.5, 0.6) is 0 Å². The number of aryl methyl sites for hydroxylation is 2. The zero-order chi connectivity index (χ0) is 16.6. The van der Waals surface area contributed by atoms with Crippen LogP contribution in [0.25, 0.3) is 11.3 Å². The Hall–Kier alpha value is -1.66. The molecular weight excluding hydrogens is 312 g/mol. The third-order valence-corrected chi connectivity index (χ3v) is 6.40. The van der Waals surface area contributed by atoms with Crippen LogP contribution in [0.3, 0.4) is 0 Å². The van der Waals surface area contributed by atoms with E-state index in [1.807, 2.05) is 13.8 Å². The second kappa shape index (κ2) is 6.09.